The molecule has 1 fully saturated rings. The molecule has 0 radical (unpaired) electrons. The number of rotatable bonds is 9. The molecule has 7 nitrogen and oxygen atoms in total. The molecule has 9 heteroatoms. The van der Waals surface area contributed by atoms with Crippen molar-refractivity contribution in [1.29, 1.82) is 0 Å². The van der Waals surface area contributed by atoms with Crippen LogP contribution in [0, 0.1) is 0 Å². The molecule has 0 atom stereocenters. The molecule has 4 rings (SSSR count). The predicted octanol–water partition coefficient (Wildman–Crippen LogP) is 3.81. The van der Waals surface area contributed by atoms with Gasteiger partial charge in [-0.3, -0.25) is 4.90 Å². The maximum atomic E-state index is 13.4. The maximum Gasteiger partial charge on any atom is 0.243 e. The summed E-state index contributed by atoms with van der Waals surface area (Å²) < 4.78 is 55.1. The quantitative estimate of drug-likeness (QED) is 0.423. The molecule has 1 aliphatic rings. The summed E-state index contributed by atoms with van der Waals surface area (Å²) >= 11 is 0. The van der Waals surface area contributed by atoms with Crippen molar-refractivity contribution in [2.45, 2.75) is 29.7 Å². The van der Waals surface area contributed by atoms with Gasteiger partial charge in [-0.15, -0.1) is 0 Å². The van der Waals surface area contributed by atoms with Gasteiger partial charge in [-0.1, -0.05) is 74.5 Å². The summed E-state index contributed by atoms with van der Waals surface area (Å²) in [6.07, 6.45) is 0. The van der Waals surface area contributed by atoms with Crippen molar-refractivity contribution in [3.05, 3.63) is 96.1 Å². The first-order chi connectivity index (χ1) is 17.3. The molecule has 1 saturated heterocycles. The van der Waals surface area contributed by atoms with Crippen LogP contribution < -0.4 is 0 Å². The molecule has 0 unspecified atom stereocenters. The zero-order chi connectivity index (χ0) is 25.8. The van der Waals surface area contributed by atoms with Gasteiger partial charge in [-0.25, -0.2) is 16.8 Å². The average Bonchev–Trinajstić information content (AvgIpc) is 2.91. The Morgan fingerprint density at radius 2 is 1.11 bits per heavy atom. The van der Waals surface area contributed by atoms with E-state index in [9.17, 15) is 16.8 Å². The van der Waals surface area contributed by atoms with E-state index < -0.39 is 20.0 Å². The van der Waals surface area contributed by atoms with E-state index in [1.54, 1.807) is 13.8 Å². The minimum Gasteiger partial charge on any atom is -0.290 e. The summed E-state index contributed by atoms with van der Waals surface area (Å²) in [7, 11) is -7.38. The monoisotopic (exact) mass is 527 g/mol. The first kappa shape index (κ1) is 26.5. The number of sulfonamides is 2. The molecule has 0 aliphatic carbocycles. The van der Waals surface area contributed by atoms with E-state index >= 15 is 0 Å². The van der Waals surface area contributed by atoms with Crippen molar-refractivity contribution >= 4 is 20.0 Å². The highest BCUT2D eigenvalue weighted by atomic mass is 32.2. The third-order valence-corrected chi connectivity index (χ3v) is 10.7. The summed E-state index contributed by atoms with van der Waals surface area (Å²) in [6, 6.07) is 26.1. The van der Waals surface area contributed by atoms with Gasteiger partial charge in [0.1, 0.15) is 0 Å². The van der Waals surface area contributed by atoms with Gasteiger partial charge in [0.25, 0.3) is 0 Å². The summed E-state index contributed by atoms with van der Waals surface area (Å²) in [6.45, 7) is 6.16. The molecule has 1 aliphatic heterocycles. The Kier molecular flexibility index (Phi) is 8.27. The molecule has 3 aromatic carbocycles. The Balaban J connectivity index is 1.51. The standard InChI is InChI=1S/C27H33N3O4S2/c1-3-29(4-2)35(31,32)25-15-17-26(18-16-25)36(33,34)30-21-19-28(20-22-30)27(23-11-7-5-8-12-23)24-13-9-6-10-14-24/h5-18,27H,3-4,19-22H2,1-2H3. The zero-order valence-corrected chi connectivity index (χ0v) is 22.3. The Morgan fingerprint density at radius 3 is 1.56 bits per heavy atom. The zero-order valence-electron chi connectivity index (χ0n) is 20.7. The first-order valence-corrected chi connectivity index (χ1v) is 15.1. The van der Waals surface area contributed by atoms with Gasteiger partial charge in [-0.05, 0) is 35.4 Å². The van der Waals surface area contributed by atoms with Crippen molar-refractivity contribution in [2.75, 3.05) is 39.3 Å². The molecule has 0 bridgehead atoms. The van der Waals surface area contributed by atoms with Crippen molar-refractivity contribution in [1.82, 2.24) is 13.5 Å². The van der Waals surface area contributed by atoms with E-state index in [-0.39, 0.29) is 15.8 Å². The van der Waals surface area contributed by atoms with Crippen molar-refractivity contribution in [2.24, 2.45) is 0 Å². The molecular formula is C27H33N3O4S2. The lowest BCUT2D eigenvalue weighted by molar-refractivity contribution is 0.156. The summed E-state index contributed by atoms with van der Waals surface area (Å²) in [5.41, 5.74) is 2.34. The Bertz CT molecular complexity index is 1300. The fourth-order valence-electron chi connectivity index (χ4n) is 4.73. The van der Waals surface area contributed by atoms with Crippen LogP contribution in [0.4, 0.5) is 0 Å². The van der Waals surface area contributed by atoms with Crippen molar-refractivity contribution in [3.8, 4) is 0 Å². The highest BCUT2D eigenvalue weighted by Crippen LogP contribution is 2.30. The summed E-state index contributed by atoms with van der Waals surface area (Å²) in [4.78, 5) is 2.52. The van der Waals surface area contributed by atoms with Gasteiger partial charge < -0.3 is 0 Å². The lowest BCUT2D eigenvalue weighted by atomic mass is 9.96. The van der Waals surface area contributed by atoms with Gasteiger partial charge in [0.2, 0.25) is 20.0 Å². The molecule has 192 valence electrons. The van der Waals surface area contributed by atoms with Crippen LogP contribution in [0.5, 0.6) is 0 Å². The van der Waals surface area contributed by atoms with Crippen LogP contribution in [-0.2, 0) is 20.0 Å². The Hall–Kier alpha value is -2.56. The number of benzene rings is 3. The van der Waals surface area contributed by atoms with Crippen molar-refractivity contribution in [3.63, 3.8) is 0 Å². The average molecular weight is 528 g/mol. The minimum atomic E-state index is -3.74. The van der Waals surface area contributed by atoms with Gasteiger partial charge in [-0.2, -0.15) is 8.61 Å². The molecule has 36 heavy (non-hydrogen) atoms. The van der Waals surface area contributed by atoms with Crippen LogP contribution in [0.2, 0.25) is 0 Å². The fourth-order valence-corrected chi connectivity index (χ4v) is 7.61. The summed E-state index contributed by atoms with van der Waals surface area (Å²) in [5, 5.41) is 0. The molecule has 0 aromatic heterocycles. The lowest BCUT2D eigenvalue weighted by Gasteiger charge is -2.39. The highest BCUT2D eigenvalue weighted by Gasteiger charge is 2.32. The maximum absolute atomic E-state index is 13.4. The molecular weight excluding hydrogens is 494 g/mol. The number of hydrogen-bond acceptors (Lipinski definition) is 5. The molecule has 0 saturated carbocycles. The molecule has 3 aromatic rings. The van der Waals surface area contributed by atoms with E-state index in [1.807, 2.05) is 36.4 Å². The Labute approximate surface area is 215 Å². The second-order valence-corrected chi connectivity index (χ2v) is 12.6. The summed E-state index contributed by atoms with van der Waals surface area (Å²) in [5.74, 6) is 0. The van der Waals surface area contributed by atoms with Gasteiger partial charge in [0.05, 0.1) is 15.8 Å². The lowest BCUT2D eigenvalue weighted by Crippen LogP contribution is -2.49. The Morgan fingerprint density at radius 1 is 0.667 bits per heavy atom. The van der Waals surface area contributed by atoms with Crippen LogP contribution in [0.3, 0.4) is 0 Å². The van der Waals surface area contributed by atoms with Crippen LogP contribution in [0.25, 0.3) is 0 Å². The van der Waals surface area contributed by atoms with Crippen LogP contribution in [0.15, 0.2) is 94.7 Å². The molecule has 0 N–H and O–H groups in total. The number of piperazine rings is 1. The third kappa shape index (κ3) is 5.40. The van der Waals surface area contributed by atoms with Crippen LogP contribution in [0.1, 0.15) is 31.0 Å². The van der Waals surface area contributed by atoms with E-state index in [1.165, 1.54) is 44.0 Å². The molecule has 0 spiro atoms. The fraction of sp³-hybridized carbons (Fsp3) is 0.333. The van der Waals surface area contributed by atoms with Crippen LogP contribution >= 0.6 is 0 Å². The number of nitrogens with zero attached hydrogens (tertiary/aromatic N) is 3. The minimum absolute atomic E-state index is 0.0434. The smallest absolute Gasteiger partial charge is 0.243 e. The van der Waals surface area contributed by atoms with Gasteiger partial charge in [0.15, 0.2) is 0 Å². The van der Waals surface area contributed by atoms with Crippen LogP contribution in [-0.4, -0.2) is 69.6 Å². The second-order valence-electron chi connectivity index (χ2n) is 8.72. The van der Waals surface area contributed by atoms with Gasteiger partial charge in [0, 0.05) is 39.3 Å². The van der Waals surface area contributed by atoms with E-state index in [0.717, 1.165) is 0 Å². The van der Waals surface area contributed by atoms with E-state index in [4.69, 9.17) is 0 Å². The first-order valence-electron chi connectivity index (χ1n) is 12.2. The second kappa shape index (κ2) is 11.2. The molecule has 0 amide bonds. The predicted molar refractivity (Wildman–Crippen MR) is 142 cm³/mol. The topological polar surface area (TPSA) is 78.0 Å². The number of hydrogen-bond donors (Lipinski definition) is 0. The third-order valence-electron chi connectivity index (χ3n) is 6.67. The van der Waals surface area contributed by atoms with E-state index in [0.29, 0.717) is 39.3 Å². The van der Waals surface area contributed by atoms with E-state index in [2.05, 4.69) is 29.2 Å². The van der Waals surface area contributed by atoms with Crippen molar-refractivity contribution < 1.29 is 16.8 Å². The largest absolute Gasteiger partial charge is 0.290 e. The SMILES string of the molecule is CCN(CC)S(=O)(=O)c1ccc(S(=O)(=O)N2CCN(C(c3ccccc3)c3ccccc3)CC2)cc1. The van der Waals surface area contributed by atoms with Gasteiger partial charge >= 0.3 is 0 Å². The highest BCUT2D eigenvalue weighted by molar-refractivity contribution is 7.89. The molecule has 1 heterocycles. The normalized spacial score (nSPS) is 16.0.